The molecule has 180 valence electrons. The predicted molar refractivity (Wildman–Crippen MR) is 162 cm³/mol. The highest BCUT2D eigenvalue weighted by Crippen LogP contribution is 2.42. The van der Waals surface area contributed by atoms with E-state index in [4.69, 9.17) is 21.6 Å². The van der Waals surface area contributed by atoms with E-state index in [1.165, 1.54) is 14.8 Å². The molecular formula is C34H21ClN2S. The zero-order valence-corrected chi connectivity index (χ0v) is 21.9. The van der Waals surface area contributed by atoms with Crippen molar-refractivity contribution in [3.8, 4) is 44.9 Å². The number of hydrogen-bond acceptors (Lipinski definition) is 3. The van der Waals surface area contributed by atoms with Gasteiger partial charge in [-0.1, -0.05) is 115 Å². The number of thiophene rings is 1. The molecule has 0 saturated heterocycles. The molecule has 38 heavy (non-hydrogen) atoms. The zero-order chi connectivity index (χ0) is 25.5. The summed E-state index contributed by atoms with van der Waals surface area (Å²) in [5.74, 6) is 0. The summed E-state index contributed by atoms with van der Waals surface area (Å²) in [5.41, 5.74) is 7.80. The minimum absolute atomic E-state index is 0.764. The maximum absolute atomic E-state index is 6.90. The van der Waals surface area contributed by atoms with Crippen LogP contribution < -0.4 is 0 Å². The van der Waals surface area contributed by atoms with Crippen LogP contribution in [0.15, 0.2) is 128 Å². The molecule has 2 aromatic heterocycles. The normalized spacial score (nSPS) is 11.3. The number of hydrogen-bond donors (Lipinski definition) is 0. The number of fused-ring (bicyclic) bond motifs is 3. The third kappa shape index (κ3) is 3.97. The maximum atomic E-state index is 6.90. The van der Waals surface area contributed by atoms with Gasteiger partial charge in [0.25, 0.3) is 0 Å². The molecule has 0 spiro atoms. The van der Waals surface area contributed by atoms with E-state index in [1.54, 1.807) is 11.3 Å². The van der Waals surface area contributed by atoms with Gasteiger partial charge in [-0.3, -0.25) is 4.98 Å². The van der Waals surface area contributed by atoms with Crippen molar-refractivity contribution in [2.45, 2.75) is 0 Å². The Morgan fingerprint density at radius 1 is 0.553 bits per heavy atom. The second-order valence-electron chi connectivity index (χ2n) is 9.16. The summed E-state index contributed by atoms with van der Waals surface area (Å²) in [7, 11) is 0. The zero-order valence-electron chi connectivity index (χ0n) is 20.3. The summed E-state index contributed by atoms with van der Waals surface area (Å²) in [4.78, 5) is 10.1. The Kier molecular flexibility index (Phi) is 5.73. The second kappa shape index (κ2) is 9.53. The van der Waals surface area contributed by atoms with Crippen LogP contribution in [0.2, 0.25) is 5.02 Å². The molecule has 0 bridgehead atoms. The third-order valence-electron chi connectivity index (χ3n) is 6.81. The van der Waals surface area contributed by atoms with Crippen molar-refractivity contribution in [1.82, 2.24) is 9.97 Å². The Labute approximate surface area is 229 Å². The third-order valence-corrected chi connectivity index (χ3v) is 8.23. The first kappa shape index (κ1) is 22.9. The van der Waals surface area contributed by atoms with Crippen LogP contribution in [0.4, 0.5) is 0 Å². The van der Waals surface area contributed by atoms with Crippen molar-refractivity contribution in [1.29, 1.82) is 0 Å². The van der Waals surface area contributed by atoms with Crippen LogP contribution in [-0.4, -0.2) is 9.97 Å². The van der Waals surface area contributed by atoms with Gasteiger partial charge in [0.15, 0.2) is 0 Å². The molecule has 0 radical (unpaired) electrons. The fourth-order valence-corrected chi connectivity index (χ4v) is 6.59. The van der Waals surface area contributed by atoms with Gasteiger partial charge in [-0.25, -0.2) is 4.98 Å². The average Bonchev–Trinajstić information content (AvgIpc) is 3.37. The highest BCUT2D eigenvalue weighted by Gasteiger charge is 2.17. The van der Waals surface area contributed by atoms with E-state index in [1.807, 2.05) is 48.7 Å². The average molecular weight is 525 g/mol. The maximum Gasteiger partial charge on any atom is 0.0972 e. The van der Waals surface area contributed by atoms with Gasteiger partial charge >= 0.3 is 0 Å². The van der Waals surface area contributed by atoms with E-state index in [2.05, 4.69) is 78.9 Å². The number of halogens is 1. The van der Waals surface area contributed by atoms with Crippen molar-refractivity contribution >= 4 is 43.1 Å². The van der Waals surface area contributed by atoms with Crippen molar-refractivity contribution in [3.63, 3.8) is 0 Å². The van der Waals surface area contributed by atoms with Gasteiger partial charge in [0, 0.05) is 36.9 Å². The van der Waals surface area contributed by atoms with E-state index in [-0.39, 0.29) is 0 Å². The van der Waals surface area contributed by atoms with Crippen LogP contribution in [0.5, 0.6) is 0 Å². The number of benzene rings is 5. The molecule has 4 heteroatoms. The molecule has 0 unspecified atom stereocenters. The SMILES string of the molecule is Clc1cc(-c2ccccc2-c2cnc(-c3ccccc3)c(-c3ccccc3)n2)cc2sc3ccccc3c12. The lowest BCUT2D eigenvalue weighted by Gasteiger charge is -2.14. The Morgan fingerprint density at radius 3 is 1.95 bits per heavy atom. The Balaban J connectivity index is 1.42. The minimum atomic E-state index is 0.764. The topological polar surface area (TPSA) is 25.8 Å². The van der Waals surface area contributed by atoms with Gasteiger partial charge in [-0.05, 0) is 29.3 Å². The molecule has 2 heterocycles. The van der Waals surface area contributed by atoms with Crippen LogP contribution in [0, 0.1) is 0 Å². The largest absolute Gasteiger partial charge is 0.252 e. The van der Waals surface area contributed by atoms with Crippen LogP contribution in [0.25, 0.3) is 65.1 Å². The van der Waals surface area contributed by atoms with E-state index >= 15 is 0 Å². The summed E-state index contributed by atoms with van der Waals surface area (Å²) in [6, 6.07) is 41.6. The molecule has 0 saturated carbocycles. The van der Waals surface area contributed by atoms with E-state index in [9.17, 15) is 0 Å². The lowest BCUT2D eigenvalue weighted by atomic mass is 9.96. The highest BCUT2D eigenvalue weighted by molar-refractivity contribution is 7.26. The first-order valence-corrected chi connectivity index (χ1v) is 13.6. The summed E-state index contributed by atoms with van der Waals surface area (Å²) < 4.78 is 2.42. The van der Waals surface area contributed by atoms with Gasteiger partial charge in [0.05, 0.1) is 28.3 Å². The van der Waals surface area contributed by atoms with E-state index < -0.39 is 0 Å². The molecule has 0 amide bonds. The molecule has 5 aromatic carbocycles. The van der Waals surface area contributed by atoms with Gasteiger partial charge < -0.3 is 0 Å². The number of aromatic nitrogens is 2. The van der Waals surface area contributed by atoms with Gasteiger partial charge in [0.1, 0.15) is 0 Å². The van der Waals surface area contributed by atoms with Crippen LogP contribution in [0.1, 0.15) is 0 Å². The minimum Gasteiger partial charge on any atom is -0.252 e. The fraction of sp³-hybridized carbons (Fsp3) is 0. The smallest absolute Gasteiger partial charge is 0.0972 e. The van der Waals surface area contributed by atoms with E-state index in [0.29, 0.717) is 0 Å². The molecule has 0 fully saturated rings. The Bertz CT molecular complexity index is 1930. The molecular weight excluding hydrogens is 504 g/mol. The second-order valence-corrected chi connectivity index (χ2v) is 10.7. The molecule has 2 nitrogen and oxygen atoms in total. The van der Waals surface area contributed by atoms with E-state index in [0.717, 1.165) is 55.3 Å². The van der Waals surface area contributed by atoms with Crippen molar-refractivity contribution < 1.29 is 0 Å². The lowest BCUT2D eigenvalue weighted by molar-refractivity contribution is 1.21. The summed E-state index contributed by atoms with van der Waals surface area (Å²) >= 11 is 8.68. The van der Waals surface area contributed by atoms with Crippen molar-refractivity contribution in [3.05, 3.63) is 133 Å². The monoisotopic (exact) mass is 524 g/mol. The van der Waals surface area contributed by atoms with Gasteiger partial charge in [-0.2, -0.15) is 0 Å². The quantitative estimate of drug-likeness (QED) is 0.229. The molecule has 0 N–H and O–H groups in total. The molecule has 0 aliphatic heterocycles. The van der Waals surface area contributed by atoms with Crippen LogP contribution >= 0.6 is 22.9 Å². The standard InChI is InChI=1S/C34H21ClN2S/c35-28-19-24(20-31-32(28)27-17-9-10-18-30(27)38-31)25-15-7-8-16-26(25)29-21-36-33(22-11-3-1-4-12-22)34(37-29)23-13-5-2-6-14-23/h1-21H. The Hall–Kier alpha value is -4.31. The summed E-state index contributed by atoms with van der Waals surface area (Å²) in [6.07, 6.45) is 1.88. The number of rotatable bonds is 4. The van der Waals surface area contributed by atoms with Crippen LogP contribution in [-0.2, 0) is 0 Å². The summed E-state index contributed by atoms with van der Waals surface area (Å²) in [5, 5.41) is 3.08. The van der Waals surface area contributed by atoms with Crippen LogP contribution in [0.3, 0.4) is 0 Å². The molecule has 0 atom stereocenters. The highest BCUT2D eigenvalue weighted by atomic mass is 35.5. The predicted octanol–water partition coefficient (Wildman–Crippen LogP) is 10.2. The molecule has 0 aliphatic rings. The molecule has 0 aliphatic carbocycles. The fourth-order valence-electron chi connectivity index (χ4n) is 5.04. The molecule has 7 aromatic rings. The summed E-state index contributed by atoms with van der Waals surface area (Å²) in [6.45, 7) is 0. The molecule has 7 rings (SSSR count). The van der Waals surface area contributed by atoms with Crippen molar-refractivity contribution in [2.75, 3.05) is 0 Å². The van der Waals surface area contributed by atoms with Crippen molar-refractivity contribution in [2.24, 2.45) is 0 Å². The Morgan fingerprint density at radius 2 is 1.18 bits per heavy atom. The number of nitrogens with zero attached hydrogens (tertiary/aromatic N) is 2. The lowest BCUT2D eigenvalue weighted by Crippen LogP contribution is -1.97. The van der Waals surface area contributed by atoms with Gasteiger partial charge in [0.2, 0.25) is 0 Å². The first-order chi connectivity index (χ1) is 18.8. The van der Waals surface area contributed by atoms with Gasteiger partial charge in [-0.15, -0.1) is 11.3 Å². The first-order valence-electron chi connectivity index (χ1n) is 12.4.